The fraction of sp³-hybridized carbons (Fsp3) is 0.571. The lowest BCUT2D eigenvalue weighted by Crippen LogP contribution is -2.31. The second-order valence-corrected chi connectivity index (χ2v) is 8.44. The molecule has 112 valence electrons. The maximum atomic E-state index is 12.5. The van der Waals surface area contributed by atoms with Gasteiger partial charge in [-0.05, 0) is 49.1 Å². The number of hydrogen-bond acceptors (Lipinski definition) is 5. The van der Waals surface area contributed by atoms with E-state index >= 15 is 0 Å². The average molecular weight is 323 g/mol. The van der Waals surface area contributed by atoms with Crippen LogP contribution >= 0.6 is 11.7 Å². The zero-order chi connectivity index (χ0) is 14.4. The Bertz CT molecular complexity index is 771. The minimum atomic E-state index is -3.51. The van der Waals surface area contributed by atoms with E-state index in [9.17, 15) is 8.42 Å². The van der Waals surface area contributed by atoms with Crippen LogP contribution in [0.2, 0.25) is 0 Å². The predicted octanol–water partition coefficient (Wildman–Crippen LogP) is 2.41. The smallest absolute Gasteiger partial charge is 0.211 e. The molecule has 2 saturated carbocycles. The van der Waals surface area contributed by atoms with Gasteiger partial charge in [0.15, 0.2) is 0 Å². The number of benzene rings is 1. The summed E-state index contributed by atoms with van der Waals surface area (Å²) in [5.74, 6) is 2.05. The summed E-state index contributed by atoms with van der Waals surface area (Å²) in [6, 6.07) is 5.11. The van der Waals surface area contributed by atoms with Crippen molar-refractivity contribution in [3.63, 3.8) is 0 Å². The molecule has 0 aliphatic heterocycles. The molecule has 3 unspecified atom stereocenters. The molecule has 2 bridgehead atoms. The number of aromatic nitrogens is 2. The molecule has 2 fully saturated rings. The molecule has 1 aromatic heterocycles. The lowest BCUT2D eigenvalue weighted by molar-refractivity contribution is 0.333. The highest BCUT2D eigenvalue weighted by Crippen LogP contribution is 2.48. The van der Waals surface area contributed by atoms with E-state index in [1.54, 1.807) is 18.2 Å². The van der Waals surface area contributed by atoms with Crippen molar-refractivity contribution in [3.8, 4) is 0 Å². The standard InChI is InChI=1S/C14H17N3O2S2/c18-21(19,13-3-1-2-12-14(13)17-20-16-12)15-8-11-7-9-4-5-10(11)6-9/h1-3,9-11,15H,4-8H2. The molecule has 0 spiro atoms. The lowest BCUT2D eigenvalue weighted by atomic mass is 9.89. The molecular formula is C14H17N3O2S2. The zero-order valence-corrected chi connectivity index (χ0v) is 13.2. The Morgan fingerprint density at radius 3 is 2.90 bits per heavy atom. The first-order chi connectivity index (χ1) is 10.1. The predicted molar refractivity (Wildman–Crippen MR) is 81.5 cm³/mol. The van der Waals surface area contributed by atoms with Crippen LogP contribution in [0.25, 0.3) is 11.0 Å². The van der Waals surface area contributed by atoms with Gasteiger partial charge in [0.2, 0.25) is 10.0 Å². The van der Waals surface area contributed by atoms with Gasteiger partial charge >= 0.3 is 0 Å². The van der Waals surface area contributed by atoms with E-state index in [1.165, 1.54) is 25.7 Å². The van der Waals surface area contributed by atoms with Crippen LogP contribution < -0.4 is 4.72 Å². The van der Waals surface area contributed by atoms with Gasteiger partial charge in [-0.1, -0.05) is 12.5 Å². The van der Waals surface area contributed by atoms with Gasteiger partial charge in [-0.25, -0.2) is 13.1 Å². The molecule has 21 heavy (non-hydrogen) atoms. The Labute approximate surface area is 128 Å². The van der Waals surface area contributed by atoms with Gasteiger partial charge in [-0.3, -0.25) is 0 Å². The van der Waals surface area contributed by atoms with E-state index < -0.39 is 10.0 Å². The fourth-order valence-corrected chi connectivity index (χ4v) is 5.78. The second-order valence-electron chi connectivity index (χ2n) is 6.17. The number of fused-ring (bicyclic) bond motifs is 3. The van der Waals surface area contributed by atoms with Gasteiger partial charge in [-0.15, -0.1) is 0 Å². The van der Waals surface area contributed by atoms with Crippen LogP contribution in [0.15, 0.2) is 23.1 Å². The molecule has 4 rings (SSSR count). The first-order valence-electron chi connectivity index (χ1n) is 7.34. The summed E-state index contributed by atoms with van der Waals surface area (Å²) in [6.45, 7) is 0.553. The summed E-state index contributed by atoms with van der Waals surface area (Å²) in [5, 5.41) is 0. The zero-order valence-electron chi connectivity index (χ0n) is 11.5. The van der Waals surface area contributed by atoms with Crippen molar-refractivity contribution >= 4 is 32.8 Å². The van der Waals surface area contributed by atoms with Crippen LogP contribution in [0.5, 0.6) is 0 Å². The summed E-state index contributed by atoms with van der Waals surface area (Å²) in [4.78, 5) is 0.247. The molecule has 1 aromatic carbocycles. The Morgan fingerprint density at radius 1 is 1.24 bits per heavy atom. The summed E-state index contributed by atoms with van der Waals surface area (Å²) in [5.41, 5.74) is 1.12. The van der Waals surface area contributed by atoms with Gasteiger partial charge < -0.3 is 0 Å². The third-order valence-electron chi connectivity index (χ3n) is 4.96. The van der Waals surface area contributed by atoms with Gasteiger partial charge in [0.1, 0.15) is 15.9 Å². The third-order valence-corrected chi connectivity index (χ3v) is 6.96. The molecule has 0 radical (unpaired) electrons. The number of sulfonamides is 1. The minimum absolute atomic E-state index is 0.247. The van der Waals surface area contributed by atoms with E-state index in [0.29, 0.717) is 23.5 Å². The van der Waals surface area contributed by atoms with Crippen molar-refractivity contribution in [2.24, 2.45) is 17.8 Å². The van der Waals surface area contributed by atoms with Crippen molar-refractivity contribution in [3.05, 3.63) is 18.2 Å². The van der Waals surface area contributed by atoms with E-state index in [-0.39, 0.29) is 4.90 Å². The number of hydrogen-bond donors (Lipinski definition) is 1. The monoisotopic (exact) mass is 323 g/mol. The summed E-state index contributed by atoms with van der Waals surface area (Å²) in [6.07, 6.45) is 5.06. The van der Waals surface area contributed by atoms with Crippen LogP contribution in [-0.2, 0) is 10.0 Å². The van der Waals surface area contributed by atoms with Crippen molar-refractivity contribution < 1.29 is 8.42 Å². The van der Waals surface area contributed by atoms with Crippen LogP contribution in [0.4, 0.5) is 0 Å². The van der Waals surface area contributed by atoms with Gasteiger partial charge in [0.05, 0.1) is 11.7 Å². The minimum Gasteiger partial charge on any atom is -0.211 e. The van der Waals surface area contributed by atoms with Gasteiger partial charge in [0, 0.05) is 6.54 Å². The fourth-order valence-electron chi connectivity index (χ4n) is 3.92. The first kappa shape index (κ1) is 13.6. The van der Waals surface area contributed by atoms with Crippen LogP contribution in [0, 0.1) is 17.8 Å². The first-order valence-corrected chi connectivity index (χ1v) is 9.56. The highest BCUT2D eigenvalue weighted by Gasteiger charge is 2.39. The molecule has 1 heterocycles. The van der Waals surface area contributed by atoms with Gasteiger partial charge in [0.25, 0.3) is 0 Å². The largest absolute Gasteiger partial charge is 0.242 e. The van der Waals surface area contributed by atoms with E-state index in [2.05, 4.69) is 13.5 Å². The molecule has 3 atom stereocenters. The molecular weight excluding hydrogens is 306 g/mol. The Kier molecular flexibility index (Phi) is 3.24. The quantitative estimate of drug-likeness (QED) is 0.938. The Hall–Kier alpha value is -1.05. The molecule has 2 aliphatic carbocycles. The molecule has 2 aliphatic rings. The van der Waals surface area contributed by atoms with Crippen LogP contribution in [-0.4, -0.2) is 23.7 Å². The van der Waals surface area contributed by atoms with Crippen molar-refractivity contribution in [2.45, 2.75) is 30.6 Å². The topological polar surface area (TPSA) is 72.0 Å². The van der Waals surface area contributed by atoms with Crippen molar-refractivity contribution in [1.82, 2.24) is 13.5 Å². The normalized spacial score (nSPS) is 28.5. The number of nitrogens with zero attached hydrogens (tertiary/aromatic N) is 2. The van der Waals surface area contributed by atoms with Crippen molar-refractivity contribution in [2.75, 3.05) is 6.54 Å². The highest BCUT2D eigenvalue weighted by molar-refractivity contribution is 7.89. The third kappa shape index (κ3) is 2.37. The Morgan fingerprint density at radius 2 is 2.14 bits per heavy atom. The number of rotatable bonds is 4. The Balaban J connectivity index is 1.55. The van der Waals surface area contributed by atoms with Gasteiger partial charge in [-0.2, -0.15) is 8.75 Å². The summed E-state index contributed by atoms with van der Waals surface area (Å²) >= 11 is 1.04. The summed E-state index contributed by atoms with van der Waals surface area (Å²) < 4.78 is 36.1. The maximum absolute atomic E-state index is 12.5. The maximum Gasteiger partial charge on any atom is 0.242 e. The van der Waals surface area contributed by atoms with E-state index in [0.717, 1.165) is 23.6 Å². The molecule has 0 amide bonds. The van der Waals surface area contributed by atoms with Crippen molar-refractivity contribution in [1.29, 1.82) is 0 Å². The molecule has 5 nitrogen and oxygen atoms in total. The summed E-state index contributed by atoms with van der Waals surface area (Å²) in [7, 11) is -3.51. The molecule has 1 N–H and O–H groups in total. The van der Waals surface area contributed by atoms with E-state index in [1.807, 2.05) is 0 Å². The second kappa shape index (κ2) is 5.00. The average Bonchev–Trinajstić information content (AvgIpc) is 3.19. The molecule has 7 heteroatoms. The highest BCUT2D eigenvalue weighted by atomic mass is 32.2. The van der Waals surface area contributed by atoms with Crippen LogP contribution in [0.3, 0.4) is 0 Å². The number of nitrogens with one attached hydrogen (secondary N) is 1. The molecule has 2 aromatic rings. The van der Waals surface area contributed by atoms with E-state index in [4.69, 9.17) is 0 Å². The lowest BCUT2D eigenvalue weighted by Gasteiger charge is -2.21. The molecule has 0 saturated heterocycles. The van der Waals surface area contributed by atoms with Crippen LogP contribution in [0.1, 0.15) is 25.7 Å². The SMILES string of the molecule is O=S(=O)(NCC1CC2CCC1C2)c1cccc2nsnc12.